The van der Waals surface area contributed by atoms with Gasteiger partial charge in [0.2, 0.25) is 0 Å². The van der Waals surface area contributed by atoms with E-state index in [2.05, 4.69) is 57.0 Å². The fourth-order valence-electron chi connectivity index (χ4n) is 5.84. The zero-order chi connectivity index (χ0) is 26.4. The highest BCUT2D eigenvalue weighted by molar-refractivity contribution is 6.01. The first-order valence-electron chi connectivity index (χ1n) is 13.1. The molecule has 0 radical (unpaired) electrons. The van der Waals surface area contributed by atoms with Crippen LogP contribution < -0.4 is 19.9 Å². The number of aromatic nitrogens is 1. The van der Waals surface area contributed by atoms with E-state index in [1.165, 1.54) is 17.1 Å². The molecule has 38 heavy (non-hydrogen) atoms. The standard InChI is InChI=1S/C30H32FN5O2/c1-19-17-36-26-10-9-23(31)21(29(26)38-18-27(36)28(19)30(37)32-3)11-12-34-13-15-35(16-14-34)25-6-4-5-24-22(25)8-7-20(2)33-24/h4-10H,1,11-18H2,2-3H3,(H,32,37). The number of benzene rings is 2. The summed E-state index contributed by atoms with van der Waals surface area (Å²) in [5.74, 6) is 0.158. The van der Waals surface area contributed by atoms with Crippen molar-refractivity contribution < 1.29 is 13.9 Å². The van der Waals surface area contributed by atoms with Gasteiger partial charge in [0.05, 0.1) is 22.5 Å². The fraction of sp³-hybridized carbons (Fsp3) is 0.333. The molecular weight excluding hydrogens is 481 g/mol. The van der Waals surface area contributed by atoms with Crippen LogP contribution in [0.5, 0.6) is 5.75 Å². The summed E-state index contributed by atoms with van der Waals surface area (Å²) in [6, 6.07) is 13.8. The van der Waals surface area contributed by atoms with E-state index in [1.54, 1.807) is 13.1 Å². The van der Waals surface area contributed by atoms with E-state index in [1.807, 2.05) is 11.8 Å². The number of amides is 1. The molecular formula is C30H32FN5O2. The molecule has 1 amide bonds. The van der Waals surface area contributed by atoms with E-state index in [0.29, 0.717) is 29.9 Å². The minimum atomic E-state index is -0.252. The lowest BCUT2D eigenvalue weighted by Crippen LogP contribution is -2.47. The van der Waals surface area contributed by atoms with Crippen molar-refractivity contribution in [1.82, 2.24) is 15.2 Å². The monoisotopic (exact) mass is 513 g/mol. The predicted octanol–water partition coefficient (Wildman–Crippen LogP) is 3.82. The van der Waals surface area contributed by atoms with E-state index >= 15 is 4.39 Å². The molecule has 3 aliphatic heterocycles. The number of ether oxygens (including phenoxy) is 1. The van der Waals surface area contributed by atoms with Crippen LogP contribution in [0.15, 0.2) is 65.9 Å². The lowest BCUT2D eigenvalue weighted by atomic mass is 10.1. The van der Waals surface area contributed by atoms with Crippen LogP contribution in [0.2, 0.25) is 0 Å². The molecule has 4 heterocycles. The lowest BCUT2D eigenvalue weighted by Gasteiger charge is -2.37. The van der Waals surface area contributed by atoms with Gasteiger partial charge in [0.25, 0.3) is 5.91 Å². The first kappa shape index (κ1) is 24.4. The maximum Gasteiger partial charge on any atom is 0.253 e. The van der Waals surface area contributed by atoms with Crippen LogP contribution >= 0.6 is 0 Å². The Labute approximate surface area is 222 Å². The van der Waals surface area contributed by atoms with Crippen LogP contribution in [-0.4, -0.2) is 68.7 Å². The number of nitrogens with one attached hydrogen (secondary N) is 1. The second-order valence-electron chi connectivity index (χ2n) is 10.1. The Morgan fingerprint density at radius 3 is 2.71 bits per heavy atom. The van der Waals surface area contributed by atoms with Crippen LogP contribution in [0, 0.1) is 12.7 Å². The molecule has 0 spiro atoms. The van der Waals surface area contributed by atoms with Crippen molar-refractivity contribution in [2.45, 2.75) is 13.3 Å². The van der Waals surface area contributed by atoms with E-state index in [0.717, 1.165) is 60.9 Å². The van der Waals surface area contributed by atoms with Crippen LogP contribution in [0.1, 0.15) is 11.3 Å². The van der Waals surface area contributed by atoms with Crippen molar-refractivity contribution in [3.8, 4) is 5.75 Å². The molecule has 1 fully saturated rings. The van der Waals surface area contributed by atoms with Crippen LogP contribution in [0.25, 0.3) is 10.9 Å². The van der Waals surface area contributed by atoms with Gasteiger partial charge in [0.15, 0.2) is 0 Å². The lowest BCUT2D eigenvalue weighted by molar-refractivity contribution is -0.116. The molecule has 196 valence electrons. The van der Waals surface area contributed by atoms with Crippen LogP contribution in [0.3, 0.4) is 0 Å². The van der Waals surface area contributed by atoms with Crippen molar-refractivity contribution in [3.05, 3.63) is 83.0 Å². The predicted molar refractivity (Wildman–Crippen MR) is 148 cm³/mol. The van der Waals surface area contributed by atoms with Gasteiger partial charge in [-0.05, 0) is 55.3 Å². The maximum atomic E-state index is 15.0. The molecule has 8 heteroatoms. The molecule has 0 bridgehead atoms. The van der Waals surface area contributed by atoms with Gasteiger partial charge in [-0.3, -0.25) is 14.7 Å². The van der Waals surface area contributed by atoms with Crippen molar-refractivity contribution in [3.63, 3.8) is 0 Å². The third-order valence-electron chi connectivity index (χ3n) is 7.84. The van der Waals surface area contributed by atoms with Crippen LogP contribution in [0.4, 0.5) is 15.8 Å². The maximum absolute atomic E-state index is 15.0. The second kappa shape index (κ2) is 9.76. The molecule has 3 aliphatic rings. The Morgan fingerprint density at radius 2 is 1.92 bits per heavy atom. The number of aryl methyl sites for hydroxylation is 1. The molecule has 1 aromatic heterocycles. The number of carbonyl (C=O) groups excluding carboxylic acids is 1. The van der Waals surface area contributed by atoms with Gasteiger partial charge in [-0.1, -0.05) is 12.6 Å². The first-order chi connectivity index (χ1) is 18.4. The van der Waals surface area contributed by atoms with E-state index < -0.39 is 0 Å². The van der Waals surface area contributed by atoms with E-state index in [-0.39, 0.29) is 18.3 Å². The molecule has 6 rings (SSSR count). The number of likely N-dealkylation sites (N-methyl/N-ethyl adjacent to an activating group) is 1. The summed E-state index contributed by atoms with van der Waals surface area (Å²) < 4.78 is 21.1. The molecule has 0 atom stereocenters. The van der Waals surface area contributed by atoms with Gasteiger partial charge >= 0.3 is 0 Å². The Kier molecular flexibility index (Phi) is 6.27. The highest BCUT2D eigenvalue weighted by Crippen LogP contribution is 2.44. The van der Waals surface area contributed by atoms with Crippen molar-refractivity contribution >= 4 is 28.2 Å². The first-order valence-corrected chi connectivity index (χ1v) is 13.1. The van der Waals surface area contributed by atoms with Crippen molar-refractivity contribution in [2.75, 3.05) is 62.7 Å². The molecule has 0 saturated carbocycles. The molecule has 3 aromatic rings. The Bertz CT molecular complexity index is 1470. The SMILES string of the molecule is C=C1CN2C(=C1C(=O)NC)COc1c2ccc(F)c1CCN1CCN(c2cccc3nc(C)ccc23)CC1. The molecule has 0 unspecified atom stereocenters. The highest BCUT2D eigenvalue weighted by atomic mass is 19.1. The number of anilines is 2. The number of pyridine rings is 1. The fourth-order valence-corrected chi connectivity index (χ4v) is 5.84. The summed E-state index contributed by atoms with van der Waals surface area (Å²) >= 11 is 0. The number of piperazine rings is 1. The van der Waals surface area contributed by atoms with Gasteiger partial charge in [-0.15, -0.1) is 0 Å². The normalized spacial score (nSPS) is 17.5. The third-order valence-corrected chi connectivity index (χ3v) is 7.84. The second-order valence-corrected chi connectivity index (χ2v) is 10.1. The van der Waals surface area contributed by atoms with Gasteiger partial charge in [-0.2, -0.15) is 0 Å². The van der Waals surface area contributed by atoms with Crippen molar-refractivity contribution in [2.24, 2.45) is 0 Å². The number of fused-ring (bicyclic) bond motifs is 4. The molecule has 1 saturated heterocycles. The summed E-state index contributed by atoms with van der Waals surface area (Å²) in [5, 5.41) is 3.86. The largest absolute Gasteiger partial charge is 0.485 e. The Morgan fingerprint density at radius 1 is 1.11 bits per heavy atom. The molecule has 7 nitrogen and oxygen atoms in total. The Hall–Kier alpha value is -3.91. The number of rotatable bonds is 5. The Balaban J connectivity index is 1.15. The van der Waals surface area contributed by atoms with Gasteiger partial charge in [0, 0.05) is 68.6 Å². The zero-order valence-corrected chi connectivity index (χ0v) is 21.9. The van der Waals surface area contributed by atoms with Crippen LogP contribution in [-0.2, 0) is 11.2 Å². The summed E-state index contributed by atoms with van der Waals surface area (Å²) in [4.78, 5) is 23.9. The average molecular weight is 514 g/mol. The number of nitrogens with zero attached hydrogens (tertiary/aromatic N) is 4. The molecule has 0 aliphatic carbocycles. The number of hydrogen-bond donors (Lipinski definition) is 1. The topological polar surface area (TPSA) is 60.9 Å². The number of halogens is 1. The van der Waals surface area contributed by atoms with Gasteiger partial charge < -0.3 is 19.9 Å². The number of carbonyl (C=O) groups is 1. The molecule has 1 N–H and O–H groups in total. The van der Waals surface area contributed by atoms with Crippen molar-refractivity contribution in [1.29, 1.82) is 0 Å². The average Bonchev–Trinajstić information content (AvgIpc) is 3.27. The zero-order valence-electron chi connectivity index (χ0n) is 21.9. The molecule has 2 aromatic carbocycles. The van der Waals surface area contributed by atoms with Gasteiger partial charge in [-0.25, -0.2) is 4.39 Å². The smallest absolute Gasteiger partial charge is 0.253 e. The minimum Gasteiger partial charge on any atom is -0.485 e. The highest BCUT2D eigenvalue weighted by Gasteiger charge is 2.36. The summed E-state index contributed by atoms with van der Waals surface area (Å²) in [6.07, 6.45) is 0.558. The summed E-state index contributed by atoms with van der Waals surface area (Å²) in [6.45, 7) is 11.2. The quantitative estimate of drug-likeness (QED) is 0.560. The summed E-state index contributed by atoms with van der Waals surface area (Å²) in [7, 11) is 1.61. The van der Waals surface area contributed by atoms with E-state index in [9.17, 15) is 4.79 Å². The third kappa shape index (κ3) is 4.19. The van der Waals surface area contributed by atoms with E-state index in [4.69, 9.17) is 4.74 Å². The van der Waals surface area contributed by atoms with Gasteiger partial charge in [0.1, 0.15) is 18.2 Å². The summed E-state index contributed by atoms with van der Waals surface area (Å²) in [5.41, 5.74) is 6.76. The number of hydrogen-bond acceptors (Lipinski definition) is 6. The minimum absolute atomic E-state index is 0.170.